The number of aliphatic hydroxyl groups excluding tert-OH is 1. The van der Waals surface area contributed by atoms with Crippen LogP contribution in [-0.2, 0) is 9.59 Å². The molecule has 2 aliphatic rings. The van der Waals surface area contributed by atoms with Gasteiger partial charge in [0, 0.05) is 6.04 Å². The highest BCUT2D eigenvalue weighted by atomic mass is 35.5. The SMILES string of the molecule is COc1ccccc1/C(O)=C1/C(=O)C(=O)N(C2CCCC2)C1c1ccc(O)c(Cl)c1. The van der Waals surface area contributed by atoms with Crippen LogP contribution in [0.5, 0.6) is 11.5 Å². The van der Waals surface area contributed by atoms with Gasteiger partial charge >= 0.3 is 0 Å². The van der Waals surface area contributed by atoms with E-state index in [0.717, 1.165) is 25.7 Å². The number of phenolic OH excluding ortho intramolecular Hbond substituents is 1. The quantitative estimate of drug-likeness (QED) is 0.428. The Hall–Kier alpha value is -2.99. The number of carbonyl (C=O) groups excluding carboxylic acids is 2. The van der Waals surface area contributed by atoms with Crippen molar-refractivity contribution in [1.29, 1.82) is 0 Å². The monoisotopic (exact) mass is 427 g/mol. The number of halogens is 1. The van der Waals surface area contributed by atoms with Crippen molar-refractivity contribution in [3.8, 4) is 11.5 Å². The van der Waals surface area contributed by atoms with Crippen molar-refractivity contribution in [3.63, 3.8) is 0 Å². The first-order chi connectivity index (χ1) is 14.4. The largest absolute Gasteiger partial charge is 0.507 e. The molecule has 2 aromatic carbocycles. The summed E-state index contributed by atoms with van der Waals surface area (Å²) in [7, 11) is 1.47. The maximum Gasteiger partial charge on any atom is 0.295 e. The van der Waals surface area contributed by atoms with Gasteiger partial charge in [-0.1, -0.05) is 42.6 Å². The van der Waals surface area contributed by atoms with Gasteiger partial charge in [0.15, 0.2) is 0 Å². The summed E-state index contributed by atoms with van der Waals surface area (Å²) < 4.78 is 5.33. The van der Waals surface area contributed by atoms with Gasteiger partial charge in [-0.25, -0.2) is 0 Å². The first-order valence-electron chi connectivity index (χ1n) is 9.86. The maximum atomic E-state index is 13.1. The van der Waals surface area contributed by atoms with Gasteiger partial charge in [0.25, 0.3) is 11.7 Å². The summed E-state index contributed by atoms with van der Waals surface area (Å²) >= 11 is 6.13. The van der Waals surface area contributed by atoms with Gasteiger partial charge in [-0.2, -0.15) is 0 Å². The number of carbonyl (C=O) groups is 2. The second-order valence-electron chi connectivity index (χ2n) is 7.56. The lowest BCUT2D eigenvalue weighted by atomic mass is 9.94. The molecule has 6 nitrogen and oxygen atoms in total. The molecule has 2 aromatic rings. The van der Waals surface area contributed by atoms with E-state index < -0.39 is 17.7 Å². The second-order valence-corrected chi connectivity index (χ2v) is 7.96. The number of aromatic hydroxyl groups is 1. The molecule has 4 rings (SSSR count). The molecule has 1 amide bonds. The Kier molecular flexibility index (Phi) is 5.43. The molecule has 2 N–H and O–H groups in total. The number of benzene rings is 2. The maximum absolute atomic E-state index is 13.1. The highest BCUT2D eigenvalue weighted by Gasteiger charge is 2.49. The van der Waals surface area contributed by atoms with Crippen molar-refractivity contribution in [2.75, 3.05) is 7.11 Å². The van der Waals surface area contributed by atoms with Crippen LogP contribution in [0.3, 0.4) is 0 Å². The van der Waals surface area contributed by atoms with Crippen LogP contribution in [0.1, 0.15) is 42.9 Å². The van der Waals surface area contributed by atoms with E-state index in [2.05, 4.69) is 0 Å². The van der Waals surface area contributed by atoms with Crippen molar-refractivity contribution < 1.29 is 24.5 Å². The van der Waals surface area contributed by atoms with Crippen LogP contribution < -0.4 is 4.74 Å². The molecule has 7 heteroatoms. The third-order valence-corrected chi connectivity index (χ3v) is 6.15. The molecular weight excluding hydrogens is 406 g/mol. The van der Waals surface area contributed by atoms with Gasteiger partial charge in [0.05, 0.1) is 29.3 Å². The highest BCUT2D eigenvalue weighted by molar-refractivity contribution is 6.46. The van der Waals surface area contributed by atoms with Crippen molar-refractivity contribution in [1.82, 2.24) is 4.90 Å². The molecule has 1 saturated carbocycles. The summed E-state index contributed by atoms with van der Waals surface area (Å²) in [6, 6.07) is 10.5. The van der Waals surface area contributed by atoms with E-state index >= 15 is 0 Å². The Morgan fingerprint density at radius 3 is 2.50 bits per heavy atom. The number of ether oxygens (including phenoxy) is 1. The van der Waals surface area contributed by atoms with Gasteiger partial charge in [-0.05, 0) is 42.7 Å². The molecule has 1 atom stereocenters. The van der Waals surface area contributed by atoms with Crippen molar-refractivity contribution in [3.05, 3.63) is 64.2 Å². The number of likely N-dealkylation sites (tertiary alicyclic amines) is 1. The van der Waals surface area contributed by atoms with Crippen LogP contribution in [-0.4, -0.2) is 40.0 Å². The zero-order valence-corrected chi connectivity index (χ0v) is 17.2. The Morgan fingerprint density at radius 2 is 1.83 bits per heavy atom. The van der Waals surface area contributed by atoms with E-state index in [9.17, 15) is 19.8 Å². The van der Waals surface area contributed by atoms with Crippen LogP contribution in [0.2, 0.25) is 5.02 Å². The summed E-state index contributed by atoms with van der Waals surface area (Å²) in [6.45, 7) is 0. The van der Waals surface area contributed by atoms with Crippen molar-refractivity contribution in [2.45, 2.75) is 37.8 Å². The third kappa shape index (κ3) is 3.31. The minimum atomic E-state index is -0.795. The number of hydrogen-bond acceptors (Lipinski definition) is 5. The number of methoxy groups -OCH3 is 1. The number of nitrogens with zero attached hydrogens (tertiary/aromatic N) is 1. The number of hydrogen-bond donors (Lipinski definition) is 2. The smallest absolute Gasteiger partial charge is 0.295 e. The molecule has 0 bridgehead atoms. The Balaban J connectivity index is 1.93. The predicted octanol–water partition coefficient (Wildman–Crippen LogP) is 4.42. The fraction of sp³-hybridized carbons (Fsp3) is 0.304. The minimum Gasteiger partial charge on any atom is -0.507 e. The molecule has 2 fully saturated rings. The average molecular weight is 428 g/mol. The van der Waals surface area contributed by atoms with E-state index in [4.69, 9.17) is 16.3 Å². The zero-order valence-electron chi connectivity index (χ0n) is 16.5. The number of aliphatic hydroxyl groups is 1. The molecule has 1 aliphatic heterocycles. The lowest BCUT2D eigenvalue weighted by Crippen LogP contribution is -2.37. The number of amides is 1. The normalized spacial score (nSPS) is 21.4. The van der Waals surface area contributed by atoms with E-state index in [1.807, 2.05) is 0 Å². The summed E-state index contributed by atoms with van der Waals surface area (Å²) in [5, 5.41) is 21.1. The first-order valence-corrected chi connectivity index (χ1v) is 10.2. The summed E-state index contributed by atoms with van der Waals surface area (Å²) in [5.74, 6) is -1.36. The molecule has 0 radical (unpaired) electrons. The molecule has 0 spiro atoms. The fourth-order valence-electron chi connectivity index (χ4n) is 4.41. The van der Waals surface area contributed by atoms with Crippen LogP contribution >= 0.6 is 11.6 Å². The molecule has 1 heterocycles. The lowest BCUT2D eigenvalue weighted by molar-refractivity contribution is -0.141. The van der Waals surface area contributed by atoms with E-state index in [0.29, 0.717) is 16.9 Å². The summed E-state index contributed by atoms with van der Waals surface area (Å²) in [6.07, 6.45) is 3.54. The molecule has 30 heavy (non-hydrogen) atoms. The average Bonchev–Trinajstić information content (AvgIpc) is 3.36. The topological polar surface area (TPSA) is 87.1 Å². The van der Waals surface area contributed by atoms with Crippen LogP contribution in [0.4, 0.5) is 0 Å². The Bertz CT molecular complexity index is 1040. The molecule has 0 aromatic heterocycles. The van der Waals surface area contributed by atoms with Gasteiger partial charge in [0.1, 0.15) is 17.3 Å². The van der Waals surface area contributed by atoms with E-state index in [1.165, 1.54) is 19.2 Å². The van der Waals surface area contributed by atoms with Crippen LogP contribution in [0, 0.1) is 0 Å². The number of phenols is 1. The number of Topliss-reactive ketones (excluding diaryl/α,β-unsaturated/α-hetero) is 1. The summed E-state index contributed by atoms with van der Waals surface area (Å²) in [5.41, 5.74) is 0.887. The predicted molar refractivity (Wildman–Crippen MR) is 113 cm³/mol. The van der Waals surface area contributed by atoms with Crippen molar-refractivity contribution in [2.24, 2.45) is 0 Å². The standard InChI is InChI=1S/C23H22ClNO5/c1-30-18-9-5-4-8-15(18)21(27)19-20(13-10-11-17(26)16(24)12-13)25(23(29)22(19)28)14-6-2-3-7-14/h4-5,8-12,14,20,26-27H,2-3,6-7H2,1H3/b21-19-. The van der Waals surface area contributed by atoms with Gasteiger partial charge < -0.3 is 19.8 Å². The molecule has 156 valence electrons. The van der Waals surface area contributed by atoms with Crippen LogP contribution in [0.25, 0.3) is 5.76 Å². The number of rotatable bonds is 4. The minimum absolute atomic E-state index is 0.00171. The molecule has 1 unspecified atom stereocenters. The second kappa shape index (κ2) is 8.03. The first kappa shape index (κ1) is 20.3. The van der Waals surface area contributed by atoms with E-state index in [-0.39, 0.29) is 28.1 Å². The lowest BCUT2D eigenvalue weighted by Gasteiger charge is -2.31. The molecular formula is C23H22ClNO5. The molecule has 1 saturated heterocycles. The van der Waals surface area contributed by atoms with Gasteiger partial charge in [-0.3, -0.25) is 9.59 Å². The number of ketones is 1. The fourth-order valence-corrected chi connectivity index (χ4v) is 4.60. The Labute approximate surface area is 179 Å². The van der Waals surface area contributed by atoms with Gasteiger partial charge in [0.2, 0.25) is 0 Å². The third-order valence-electron chi connectivity index (χ3n) is 5.85. The van der Waals surface area contributed by atoms with Crippen molar-refractivity contribution >= 4 is 29.1 Å². The van der Waals surface area contributed by atoms with Gasteiger partial charge in [-0.15, -0.1) is 0 Å². The van der Waals surface area contributed by atoms with Crippen LogP contribution in [0.15, 0.2) is 48.0 Å². The molecule has 1 aliphatic carbocycles. The summed E-state index contributed by atoms with van der Waals surface area (Å²) in [4.78, 5) is 27.7. The highest BCUT2D eigenvalue weighted by Crippen LogP contribution is 2.45. The number of para-hydroxylation sites is 1. The Morgan fingerprint density at radius 1 is 1.13 bits per heavy atom. The van der Waals surface area contributed by atoms with E-state index in [1.54, 1.807) is 35.2 Å². The zero-order chi connectivity index (χ0) is 21.4.